The fourth-order valence-electron chi connectivity index (χ4n) is 2.74. The highest BCUT2D eigenvalue weighted by atomic mass is 35.5. The predicted octanol–water partition coefficient (Wildman–Crippen LogP) is 4.54. The van der Waals surface area contributed by atoms with Crippen LogP contribution in [0.25, 0.3) is 0 Å². The molecular formula is C16H19BClF3O2. The van der Waals surface area contributed by atoms with E-state index in [9.17, 15) is 13.2 Å². The van der Waals surface area contributed by atoms with E-state index in [0.717, 1.165) is 24.5 Å². The Morgan fingerprint density at radius 1 is 1.09 bits per heavy atom. The SMILES string of the molecule is CC1(C)OB(c2cc(C(F)(F)F)c(Cl)cc2C2CC2)OC1(C)C. The second kappa shape index (κ2) is 5.14. The summed E-state index contributed by atoms with van der Waals surface area (Å²) in [6.07, 6.45) is -2.60. The first-order chi connectivity index (χ1) is 10.4. The summed E-state index contributed by atoms with van der Waals surface area (Å²) in [5, 5.41) is -0.264. The lowest BCUT2D eigenvalue weighted by Gasteiger charge is -2.32. The minimum absolute atomic E-state index is 0.240. The minimum Gasteiger partial charge on any atom is -0.399 e. The van der Waals surface area contributed by atoms with Crippen LogP contribution in [0.3, 0.4) is 0 Å². The van der Waals surface area contributed by atoms with Gasteiger partial charge < -0.3 is 9.31 Å². The van der Waals surface area contributed by atoms with Crippen LogP contribution in [-0.4, -0.2) is 18.3 Å². The minimum atomic E-state index is -4.50. The summed E-state index contributed by atoms with van der Waals surface area (Å²) < 4.78 is 51.5. The zero-order valence-corrected chi connectivity index (χ0v) is 14.3. The molecule has 0 radical (unpaired) electrons. The number of rotatable bonds is 2. The van der Waals surface area contributed by atoms with E-state index in [0.29, 0.717) is 5.46 Å². The Morgan fingerprint density at radius 3 is 2.04 bits per heavy atom. The van der Waals surface area contributed by atoms with Gasteiger partial charge in [0.2, 0.25) is 0 Å². The summed E-state index contributed by atoms with van der Waals surface area (Å²) in [4.78, 5) is 0. The summed E-state index contributed by atoms with van der Waals surface area (Å²) in [5.41, 5.74) is -0.787. The molecule has 2 aliphatic rings. The van der Waals surface area contributed by atoms with Gasteiger partial charge in [-0.25, -0.2) is 0 Å². The first-order valence-corrected chi connectivity index (χ1v) is 8.06. The van der Waals surface area contributed by atoms with Crippen LogP contribution in [0.1, 0.15) is 57.6 Å². The molecule has 7 heteroatoms. The molecule has 0 N–H and O–H groups in total. The van der Waals surface area contributed by atoms with E-state index >= 15 is 0 Å². The lowest BCUT2D eigenvalue weighted by Crippen LogP contribution is -2.41. The van der Waals surface area contributed by atoms with Gasteiger partial charge in [-0.3, -0.25) is 0 Å². The van der Waals surface area contributed by atoms with Crippen LogP contribution in [0.2, 0.25) is 5.02 Å². The highest BCUT2D eigenvalue weighted by Gasteiger charge is 2.53. The predicted molar refractivity (Wildman–Crippen MR) is 84.1 cm³/mol. The molecule has 0 unspecified atom stereocenters. The molecule has 0 amide bonds. The normalized spacial score (nSPS) is 23.4. The second-order valence-electron chi connectivity index (χ2n) is 7.32. The summed E-state index contributed by atoms with van der Waals surface area (Å²) in [7, 11) is -0.811. The van der Waals surface area contributed by atoms with Gasteiger partial charge in [-0.05, 0) is 69.6 Å². The average Bonchev–Trinajstić information content (AvgIpc) is 3.16. The largest absolute Gasteiger partial charge is 0.495 e. The van der Waals surface area contributed by atoms with Gasteiger partial charge in [-0.15, -0.1) is 0 Å². The molecule has 1 saturated carbocycles. The lowest BCUT2D eigenvalue weighted by molar-refractivity contribution is -0.137. The summed E-state index contributed by atoms with van der Waals surface area (Å²) in [6.45, 7) is 7.52. The van der Waals surface area contributed by atoms with Crippen molar-refractivity contribution >= 4 is 24.2 Å². The van der Waals surface area contributed by atoms with E-state index in [1.54, 1.807) is 0 Å². The van der Waals surface area contributed by atoms with Crippen LogP contribution in [0.5, 0.6) is 0 Å². The van der Waals surface area contributed by atoms with E-state index in [2.05, 4.69) is 0 Å². The molecule has 0 atom stereocenters. The second-order valence-corrected chi connectivity index (χ2v) is 7.73. The number of halogens is 4. The monoisotopic (exact) mass is 346 g/mol. The van der Waals surface area contributed by atoms with Gasteiger partial charge in [0.25, 0.3) is 0 Å². The van der Waals surface area contributed by atoms with Gasteiger partial charge >= 0.3 is 13.3 Å². The maximum absolute atomic E-state index is 13.2. The van der Waals surface area contributed by atoms with Gasteiger partial charge in [0, 0.05) is 0 Å². The molecule has 1 aliphatic carbocycles. The fourth-order valence-corrected chi connectivity index (χ4v) is 3.02. The Hall–Kier alpha value is -0.715. The third kappa shape index (κ3) is 3.01. The van der Waals surface area contributed by atoms with Gasteiger partial charge in [0.05, 0.1) is 21.8 Å². The van der Waals surface area contributed by atoms with E-state index in [1.807, 2.05) is 27.7 Å². The summed E-state index contributed by atoms with van der Waals surface area (Å²) >= 11 is 5.87. The van der Waals surface area contributed by atoms with Crippen molar-refractivity contribution in [2.75, 3.05) is 0 Å². The van der Waals surface area contributed by atoms with Crippen molar-refractivity contribution in [3.8, 4) is 0 Å². The molecule has 3 rings (SSSR count). The Bertz CT molecular complexity index is 623. The smallest absolute Gasteiger partial charge is 0.399 e. The van der Waals surface area contributed by atoms with Crippen LogP contribution >= 0.6 is 11.6 Å². The maximum atomic E-state index is 13.2. The molecule has 0 spiro atoms. The topological polar surface area (TPSA) is 18.5 Å². The van der Waals surface area contributed by atoms with Crippen molar-refractivity contribution in [3.05, 3.63) is 28.3 Å². The standard InChI is InChI=1S/C16H19BClF3O2/c1-14(2)15(3,4)23-17(22-14)12-8-11(16(19,20)21)13(18)7-10(12)9-5-6-9/h7-9H,5-6H2,1-4H3. The molecule has 1 aromatic carbocycles. The van der Waals surface area contributed by atoms with E-state index in [1.165, 1.54) is 6.07 Å². The quantitative estimate of drug-likeness (QED) is 0.732. The van der Waals surface area contributed by atoms with E-state index in [4.69, 9.17) is 20.9 Å². The van der Waals surface area contributed by atoms with E-state index in [-0.39, 0.29) is 10.9 Å². The van der Waals surface area contributed by atoms with Crippen LogP contribution in [-0.2, 0) is 15.5 Å². The molecule has 23 heavy (non-hydrogen) atoms. The molecule has 1 aromatic rings. The summed E-state index contributed by atoms with van der Waals surface area (Å²) in [5.74, 6) is 0.240. The molecule has 0 bridgehead atoms. The molecule has 126 valence electrons. The van der Waals surface area contributed by atoms with Crippen molar-refractivity contribution in [1.29, 1.82) is 0 Å². The first-order valence-electron chi connectivity index (χ1n) is 7.68. The van der Waals surface area contributed by atoms with Crippen molar-refractivity contribution in [3.63, 3.8) is 0 Å². The van der Waals surface area contributed by atoms with Crippen molar-refractivity contribution in [2.45, 2.75) is 63.8 Å². The van der Waals surface area contributed by atoms with Crippen molar-refractivity contribution in [2.24, 2.45) is 0 Å². The third-order valence-corrected chi connectivity index (χ3v) is 5.32. The zero-order chi connectivity index (χ0) is 17.2. The average molecular weight is 347 g/mol. The first kappa shape index (κ1) is 17.1. The molecule has 1 saturated heterocycles. The number of hydrogen-bond acceptors (Lipinski definition) is 2. The number of alkyl halides is 3. The third-order valence-electron chi connectivity index (χ3n) is 5.00. The Balaban J connectivity index is 2.07. The molecule has 0 aromatic heterocycles. The highest BCUT2D eigenvalue weighted by molar-refractivity contribution is 6.62. The van der Waals surface area contributed by atoms with Gasteiger partial charge in [-0.1, -0.05) is 11.6 Å². The van der Waals surface area contributed by atoms with Crippen molar-refractivity contribution < 1.29 is 22.5 Å². The van der Waals surface area contributed by atoms with Gasteiger partial charge in [0.1, 0.15) is 0 Å². The fraction of sp³-hybridized carbons (Fsp3) is 0.625. The van der Waals surface area contributed by atoms with E-state index < -0.39 is 30.1 Å². The Labute approximate surface area is 139 Å². The highest BCUT2D eigenvalue weighted by Crippen LogP contribution is 2.44. The van der Waals surface area contributed by atoms with Crippen molar-refractivity contribution in [1.82, 2.24) is 0 Å². The maximum Gasteiger partial charge on any atom is 0.495 e. The van der Waals surface area contributed by atoms with Crippen LogP contribution in [0.4, 0.5) is 13.2 Å². The van der Waals surface area contributed by atoms with Crippen LogP contribution < -0.4 is 5.46 Å². The Kier molecular flexibility index (Phi) is 3.82. The molecule has 2 nitrogen and oxygen atoms in total. The molecule has 2 fully saturated rings. The zero-order valence-electron chi connectivity index (χ0n) is 13.6. The molecule has 1 aliphatic heterocycles. The summed E-state index contributed by atoms with van der Waals surface area (Å²) in [6, 6.07) is 2.53. The Morgan fingerprint density at radius 2 is 1.61 bits per heavy atom. The number of benzene rings is 1. The number of hydrogen-bond donors (Lipinski definition) is 0. The van der Waals surface area contributed by atoms with Crippen LogP contribution in [0, 0.1) is 0 Å². The lowest BCUT2D eigenvalue weighted by atomic mass is 9.74. The van der Waals surface area contributed by atoms with Gasteiger partial charge in [0.15, 0.2) is 0 Å². The molecule has 1 heterocycles. The van der Waals surface area contributed by atoms with Gasteiger partial charge in [-0.2, -0.15) is 13.2 Å². The molecular weight excluding hydrogens is 327 g/mol. The van der Waals surface area contributed by atoms with Crippen LogP contribution in [0.15, 0.2) is 12.1 Å².